The SMILES string of the molecule is CCCCSCC(=O)N1CC(CO)OC(C)(C)C1. The summed E-state index contributed by atoms with van der Waals surface area (Å²) >= 11 is 1.69. The van der Waals surface area contributed by atoms with E-state index in [9.17, 15) is 9.90 Å². The highest BCUT2D eigenvalue weighted by atomic mass is 32.2. The van der Waals surface area contributed by atoms with Gasteiger partial charge >= 0.3 is 0 Å². The van der Waals surface area contributed by atoms with Crippen molar-refractivity contribution in [3.8, 4) is 0 Å². The second-order valence-electron chi connectivity index (χ2n) is 5.36. The minimum atomic E-state index is -0.366. The molecule has 0 spiro atoms. The molecule has 0 aromatic heterocycles. The topological polar surface area (TPSA) is 49.8 Å². The summed E-state index contributed by atoms with van der Waals surface area (Å²) in [4.78, 5) is 13.9. The largest absolute Gasteiger partial charge is 0.394 e. The van der Waals surface area contributed by atoms with Crippen LogP contribution in [0.5, 0.6) is 0 Å². The van der Waals surface area contributed by atoms with Gasteiger partial charge in [0.1, 0.15) is 0 Å². The van der Waals surface area contributed by atoms with Gasteiger partial charge in [0.05, 0.1) is 24.1 Å². The molecule has 1 aliphatic rings. The predicted molar refractivity (Wildman–Crippen MR) is 74.9 cm³/mol. The van der Waals surface area contributed by atoms with E-state index in [-0.39, 0.29) is 24.2 Å². The lowest BCUT2D eigenvalue weighted by atomic mass is 10.1. The number of carbonyl (C=O) groups excluding carboxylic acids is 1. The van der Waals surface area contributed by atoms with Crippen molar-refractivity contribution >= 4 is 17.7 Å². The number of ether oxygens (including phenoxy) is 1. The average molecular weight is 275 g/mol. The Balaban J connectivity index is 2.41. The summed E-state index contributed by atoms with van der Waals surface area (Å²) in [5.74, 6) is 1.74. The van der Waals surface area contributed by atoms with Crippen LogP contribution in [0.4, 0.5) is 0 Å². The van der Waals surface area contributed by atoms with E-state index in [1.54, 1.807) is 11.8 Å². The van der Waals surface area contributed by atoms with Crippen LogP contribution in [0, 0.1) is 0 Å². The van der Waals surface area contributed by atoms with Gasteiger partial charge in [0.2, 0.25) is 5.91 Å². The first kappa shape index (κ1) is 15.8. The van der Waals surface area contributed by atoms with Crippen LogP contribution in [0.1, 0.15) is 33.6 Å². The molecular formula is C13H25NO3S. The maximum Gasteiger partial charge on any atom is 0.232 e. The Kier molecular flexibility index (Phi) is 6.46. The maximum absolute atomic E-state index is 12.1. The van der Waals surface area contributed by atoms with E-state index >= 15 is 0 Å². The number of unbranched alkanes of at least 4 members (excludes halogenated alkanes) is 1. The van der Waals surface area contributed by atoms with Crippen LogP contribution in [0.15, 0.2) is 0 Å². The number of hydrogen-bond acceptors (Lipinski definition) is 4. The minimum absolute atomic E-state index is 0.0316. The van der Waals surface area contributed by atoms with Crippen molar-refractivity contribution in [3.05, 3.63) is 0 Å². The Morgan fingerprint density at radius 1 is 1.56 bits per heavy atom. The van der Waals surface area contributed by atoms with Gasteiger partial charge in [0, 0.05) is 13.1 Å². The van der Waals surface area contributed by atoms with Crippen LogP contribution >= 0.6 is 11.8 Å². The predicted octanol–water partition coefficient (Wildman–Crippen LogP) is 1.52. The summed E-state index contributed by atoms with van der Waals surface area (Å²) in [5, 5.41) is 9.20. The van der Waals surface area contributed by atoms with Crippen LogP contribution < -0.4 is 0 Å². The molecule has 18 heavy (non-hydrogen) atoms. The monoisotopic (exact) mass is 275 g/mol. The molecule has 1 fully saturated rings. The Bertz CT molecular complexity index is 271. The van der Waals surface area contributed by atoms with Crippen molar-refractivity contribution in [2.24, 2.45) is 0 Å². The van der Waals surface area contributed by atoms with Crippen molar-refractivity contribution < 1.29 is 14.6 Å². The molecule has 0 aromatic rings. The second kappa shape index (κ2) is 7.36. The molecule has 1 N–H and O–H groups in total. The highest BCUT2D eigenvalue weighted by Crippen LogP contribution is 2.21. The van der Waals surface area contributed by atoms with Gasteiger partial charge in [-0.05, 0) is 26.0 Å². The van der Waals surface area contributed by atoms with Gasteiger partial charge in [-0.2, -0.15) is 11.8 Å². The van der Waals surface area contributed by atoms with Crippen LogP contribution in [0.2, 0.25) is 0 Å². The van der Waals surface area contributed by atoms with Gasteiger partial charge in [0.15, 0.2) is 0 Å². The summed E-state index contributed by atoms with van der Waals surface area (Å²) in [6, 6.07) is 0. The van der Waals surface area contributed by atoms with Gasteiger partial charge in [-0.3, -0.25) is 4.79 Å². The maximum atomic E-state index is 12.1. The molecule has 1 rings (SSSR count). The zero-order valence-electron chi connectivity index (χ0n) is 11.6. The van der Waals surface area contributed by atoms with E-state index < -0.39 is 0 Å². The summed E-state index contributed by atoms with van der Waals surface area (Å²) in [6.45, 7) is 7.15. The molecule has 1 atom stereocenters. The molecule has 0 aliphatic carbocycles. The van der Waals surface area contributed by atoms with E-state index in [1.807, 2.05) is 18.7 Å². The number of aliphatic hydroxyl groups excluding tert-OH is 1. The number of aliphatic hydroxyl groups is 1. The standard InChI is InChI=1S/C13H25NO3S/c1-4-5-6-18-9-12(16)14-7-11(8-15)17-13(2,3)10-14/h11,15H,4-10H2,1-3H3. The molecule has 4 nitrogen and oxygen atoms in total. The van der Waals surface area contributed by atoms with Crippen LogP contribution in [-0.4, -0.2) is 58.8 Å². The molecule has 0 radical (unpaired) electrons. The number of morpholine rings is 1. The van der Waals surface area contributed by atoms with E-state index in [0.717, 1.165) is 12.2 Å². The van der Waals surface area contributed by atoms with Crippen LogP contribution in [0.25, 0.3) is 0 Å². The van der Waals surface area contributed by atoms with Crippen LogP contribution in [-0.2, 0) is 9.53 Å². The second-order valence-corrected chi connectivity index (χ2v) is 6.47. The average Bonchev–Trinajstić information content (AvgIpc) is 2.32. The molecule has 0 bridgehead atoms. The Morgan fingerprint density at radius 3 is 2.89 bits per heavy atom. The molecule has 106 valence electrons. The van der Waals surface area contributed by atoms with Crippen molar-refractivity contribution in [3.63, 3.8) is 0 Å². The van der Waals surface area contributed by atoms with Gasteiger partial charge in [-0.25, -0.2) is 0 Å². The third-order valence-corrected chi connectivity index (χ3v) is 3.93. The number of rotatable bonds is 6. The zero-order chi connectivity index (χ0) is 13.6. The molecule has 0 aromatic carbocycles. The van der Waals surface area contributed by atoms with E-state index in [0.29, 0.717) is 18.8 Å². The van der Waals surface area contributed by atoms with E-state index in [2.05, 4.69) is 6.92 Å². The highest BCUT2D eigenvalue weighted by Gasteiger charge is 2.34. The molecule has 0 saturated carbocycles. The van der Waals surface area contributed by atoms with Gasteiger partial charge in [-0.1, -0.05) is 13.3 Å². The molecule has 1 aliphatic heterocycles. The summed E-state index contributed by atoms with van der Waals surface area (Å²) in [5.41, 5.74) is -0.366. The third-order valence-electron chi connectivity index (χ3n) is 2.91. The minimum Gasteiger partial charge on any atom is -0.394 e. The Morgan fingerprint density at radius 2 is 2.28 bits per heavy atom. The number of hydrogen-bond donors (Lipinski definition) is 1. The smallest absolute Gasteiger partial charge is 0.232 e. The molecule has 5 heteroatoms. The number of nitrogens with zero attached hydrogens (tertiary/aromatic N) is 1. The summed E-state index contributed by atoms with van der Waals surface area (Å²) in [7, 11) is 0. The highest BCUT2D eigenvalue weighted by molar-refractivity contribution is 7.99. The number of thioether (sulfide) groups is 1. The molecule has 1 heterocycles. The van der Waals surface area contributed by atoms with Gasteiger partial charge < -0.3 is 14.7 Å². The molecular weight excluding hydrogens is 250 g/mol. The summed E-state index contributed by atoms with van der Waals surface area (Å²) in [6.07, 6.45) is 2.07. The first-order valence-electron chi connectivity index (χ1n) is 6.62. The van der Waals surface area contributed by atoms with Crippen molar-refractivity contribution in [2.75, 3.05) is 31.2 Å². The van der Waals surface area contributed by atoms with E-state index in [1.165, 1.54) is 6.42 Å². The Labute approximate surface area is 114 Å². The van der Waals surface area contributed by atoms with Gasteiger partial charge in [-0.15, -0.1) is 0 Å². The number of carbonyl (C=O) groups is 1. The normalized spacial score (nSPS) is 23.1. The fourth-order valence-corrected chi connectivity index (χ4v) is 3.07. The lowest BCUT2D eigenvalue weighted by Gasteiger charge is -2.42. The number of amides is 1. The fourth-order valence-electron chi connectivity index (χ4n) is 2.08. The lowest BCUT2D eigenvalue weighted by molar-refractivity contribution is -0.165. The lowest BCUT2D eigenvalue weighted by Crippen LogP contribution is -2.56. The molecule has 1 unspecified atom stereocenters. The zero-order valence-corrected chi connectivity index (χ0v) is 12.5. The van der Waals surface area contributed by atoms with Crippen molar-refractivity contribution in [1.82, 2.24) is 4.90 Å². The first-order chi connectivity index (χ1) is 8.48. The van der Waals surface area contributed by atoms with Crippen molar-refractivity contribution in [1.29, 1.82) is 0 Å². The van der Waals surface area contributed by atoms with E-state index in [4.69, 9.17) is 4.74 Å². The molecule has 1 saturated heterocycles. The first-order valence-corrected chi connectivity index (χ1v) is 7.78. The van der Waals surface area contributed by atoms with Crippen LogP contribution in [0.3, 0.4) is 0 Å². The fraction of sp³-hybridized carbons (Fsp3) is 0.923. The molecule has 1 amide bonds. The van der Waals surface area contributed by atoms with Gasteiger partial charge in [0.25, 0.3) is 0 Å². The Hall–Kier alpha value is -0.260. The summed E-state index contributed by atoms with van der Waals surface area (Å²) < 4.78 is 5.70. The third kappa shape index (κ3) is 5.16. The quantitative estimate of drug-likeness (QED) is 0.747. The van der Waals surface area contributed by atoms with Crippen molar-refractivity contribution in [2.45, 2.75) is 45.3 Å².